The molecule has 1 aliphatic heterocycles. The molecule has 4 fully saturated rings. The van der Waals surface area contributed by atoms with Crippen molar-refractivity contribution in [3.8, 4) is 0 Å². The number of carbonyl (C=O) groups is 2. The van der Waals surface area contributed by atoms with Gasteiger partial charge in [-0.05, 0) is 78.8 Å². The van der Waals surface area contributed by atoms with Gasteiger partial charge >= 0.3 is 8.25 Å². The largest absolute Gasteiger partial charge is 0.695 e. The summed E-state index contributed by atoms with van der Waals surface area (Å²) in [5, 5.41) is 21.3. The number of aliphatic hydroxyl groups excluding tert-OH is 2. The molecule has 1 aromatic carbocycles. The molecule has 11 heteroatoms. The highest BCUT2D eigenvalue weighted by Crippen LogP contribution is 2.70. The van der Waals surface area contributed by atoms with Gasteiger partial charge in [0.25, 0.3) is 0 Å². The zero-order valence-corrected chi connectivity index (χ0v) is 27.2. The summed E-state index contributed by atoms with van der Waals surface area (Å²) in [6.45, 7) is 3.48. The molecule has 3 saturated carbocycles. The maximum Gasteiger partial charge on any atom is 0.695 e. The molecule has 7 rings (SSSR count). The standard InChI is InChI=1S/C35H40NO9P/c1-33-11-10-24(38)14-23(33)8-9-25-26-15-30-35(29(40)19-43-46(41)42,34(26,2)16-28(39)31(25)33)45-32(44-30)27-13-22(17-36(27)3)12-20-4-6-21(18-37)7-5-20/h4-7,10-11,13-14,17,25-26,28,30-32,37,39H,8-9,12,15-16,18-19H2,1-3H3/p+1/t25-,26-,28-,30+,31+,32+,33-,34-,35+/m0/s1. The van der Waals surface area contributed by atoms with Crippen LogP contribution in [0.3, 0.4) is 0 Å². The van der Waals surface area contributed by atoms with Gasteiger partial charge in [-0.15, -0.1) is 9.42 Å². The molecule has 0 radical (unpaired) electrons. The van der Waals surface area contributed by atoms with Crippen molar-refractivity contribution in [3.05, 3.63) is 82.7 Å². The van der Waals surface area contributed by atoms with Gasteiger partial charge in [0.05, 0.1) is 24.5 Å². The lowest BCUT2D eigenvalue weighted by atomic mass is 9.46. The maximum absolute atomic E-state index is 14.2. The summed E-state index contributed by atoms with van der Waals surface area (Å²) in [6.07, 6.45) is 7.92. The first kappa shape index (κ1) is 31.8. The Morgan fingerprint density at radius 1 is 1.17 bits per heavy atom. The summed E-state index contributed by atoms with van der Waals surface area (Å²) in [7, 11) is -1.10. The zero-order chi connectivity index (χ0) is 32.6. The average molecular weight is 651 g/mol. The van der Waals surface area contributed by atoms with Crippen molar-refractivity contribution in [1.29, 1.82) is 0 Å². The number of aliphatic hydroxyl groups is 2. The van der Waals surface area contributed by atoms with Crippen LogP contribution in [0.1, 0.15) is 68.2 Å². The summed E-state index contributed by atoms with van der Waals surface area (Å²) >= 11 is 0. The highest BCUT2D eigenvalue weighted by molar-refractivity contribution is 7.32. The molecule has 10 nitrogen and oxygen atoms in total. The van der Waals surface area contributed by atoms with E-state index in [2.05, 4.69) is 6.92 Å². The molecule has 0 amide bonds. The number of ketones is 2. The number of aromatic nitrogens is 1. The van der Waals surface area contributed by atoms with Gasteiger partial charge in [0.1, 0.15) is 0 Å². The first-order valence-corrected chi connectivity index (χ1v) is 17.1. The molecule has 1 saturated heterocycles. The number of nitrogens with zero attached hydrogens (tertiary/aromatic N) is 1. The van der Waals surface area contributed by atoms with Gasteiger partial charge in [-0.2, -0.15) is 0 Å². The molecule has 2 heterocycles. The fourth-order valence-electron chi connectivity index (χ4n) is 9.90. The van der Waals surface area contributed by atoms with Crippen molar-refractivity contribution in [2.45, 2.75) is 76.7 Å². The van der Waals surface area contributed by atoms with Crippen LogP contribution in [0.5, 0.6) is 0 Å². The second-order valence-corrected chi connectivity index (χ2v) is 15.0. The summed E-state index contributed by atoms with van der Waals surface area (Å²) in [5.41, 5.74) is 1.93. The Morgan fingerprint density at radius 3 is 2.63 bits per heavy atom. The smallest absolute Gasteiger partial charge is 0.393 e. The Bertz CT molecular complexity index is 1650. The van der Waals surface area contributed by atoms with Crippen molar-refractivity contribution in [2.24, 2.45) is 35.6 Å². The van der Waals surface area contributed by atoms with Gasteiger partial charge in [0.15, 0.2) is 23.8 Å². The Kier molecular flexibility index (Phi) is 7.88. The monoisotopic (exact) mass is 650 g/mol. The third kappa shape index (κ3) is 4.76. The molecule has 3 N–H and O–H groups in total. The molecule has 4 aliphatic carbocycles. The Labute approximate surface area is 269 Å². The minimum atomic E-state index is -3.01. The second-order valence-electron chi connectivity index (χ2n) is 14.2. The Balaban J connectivity index is 1.21. The number of hydrogen-bond donors (Lipinski definition) is 3. The predicted octanol–water partition coefficient (Wildman–Crippen LogP) is 4.39. The highest BCUT2D eigenvalue weighted by Gasteiger charge is 2.76. The van der Waals surface area contributed by atoms with Gasteiger partial charge < -0.3 is 24.3 Å². The molecule has 0 spiro atoms. The first-order valence-electron chi connectivity index (χ1n) is 16.0. The second kappa shape index (κ2) is 11.4. The highest BCUT2D eigenvalue weighted by atomic mass is 31.1. The van der Waals surface area contributed by atoms with Crippen LogP contribution < -0.4 is 0 Å². The lowest BCUT2D eigenvalue weighted by molar-refractivity contribution is -0.201. The quantitative estimate of drug-likeness (QED) is 0.355. The lowest BCUT2D eigenvalue weighted by Gasteiger charge is -2.59. The van der Waals surface area contributed by atoms with Crippen molar-refractivity contribution in [2.75, 3.05) is 6.61 Å². The summed E-state index contributed by atoms with van der Waals surface area (Å²) < 4.78 is 31.9. The molecule has 2 aromatic rings. The minimum absolute atomic E-state index is 0.0126. The fraction of sp³-hybridized carbons (Fsp3) is 0.543. The van der Waals surface area contributed by atoms with Crippen LogP contribution in [-0.2, 0) is 48.2 Å². The van der Waals surface area contributed by atoms with Crippen LogP contribution in [-0.4, -0.2) is 55.7 Å². The number of benzene rings is 1. The number of rotatable bonds is 8. The summed E-state index contributed by atoms with van der Waals surface area (Å²) in [6, 6.07) is 9.77. The van der Waals surface area contributed by atoms with E-state index >= 15 is 0 Å². The number of allylic oxidation sites excluding steroid dienone is 4. The Hall–Kier alpha value is -2.82. The lowest BCUT2D eigenvalue weighted by Crippen LogP contribution is -2.63. The molecule has 244 valence electrons. The molecule has 5 aliphatic rings. The molecule has 46 heavy (non-hydrogen) atoms. The Morgan fingerprint density at radius 2 is 1.91 bits per heavy atom. The summed E-state index contributed by atoms with van der Waals surface area (Å²) in [5.74, 6) is -0.614. The van der Waals surface area contributed by atoms with E-state index < -0.39 is 55.6 Å². The average Bonchev–Trinajstić information content (AvgIpc) is 3.65. The summed E-state index contributed by atoms with van der Waals surface area (Å²) in [4.78, 5) is 35.9. The van der Waals surface area contributed by atoms with Gasteiger partial charge in [-0.1, -0.05) is 49.8 Å². The van der Waals surface area contributed by atoms with E-state index in [4.69, 9.17) is 14.0 Å². The van der Waals surface area contributed by atoms with Crippen molar-refractivity contribution >= 4 is 19.8 Å². The maximum atomic E-state index is 14.2. The van der Waals surface area contributed by atoms with E-state index in [1.54, 1.807) is 12.2 Å². The number of fused-ring (bicyclic) bond motifs is 7. The van der Waals surface area contributed by atoms with Crippen LogP contribution in [0.15, 0.2) is 60.3 Å². The topological polar surface area (TPSA) is 145 Å². The van der Waals surface area contributed by atoms with Crippen LogP contribution >= 0.6 is 8.25 Å². The van der Waals surface area contributed by atoms with E-state index in [0.717, 1.165) is 40.8 Å². The third-order valence-corrected chi connectivity index (χ3v) is 12.3. The van der Waals surface area contributed by atoms with Gasteiger partial charge in [0.2, 0.25) is 6.29 Å². The SMILES string of the molecule is Cn1cc(Cc2ccc(CO)cc2)cc1[C@@H]1O[C@@H]2C[C@H]3[C@@H]4CCC5=CC(=O)C=C[C@]5(C)[C@H]4[C@@H](O)C[C@]3(C)[C@]2(C(=O)CO[P+](=O)O)O1. The van der Waals surface area contributed by atoms with E-state index in [0.29, 0.717) is 12.8 Å². The molecular formula is C35H41NO9P+. The van der Waals surface area contributed by atoms with Crippen LogP contribution in [0.4, 0.5) is 0 Å². The number of ether oxygens (including phenoxy) is 2. The van der Waals surface area contributed by atoms with Crippen molar-refractivity contribution in [1.82, 2.24) is 4.57 Å². The van der Waals surface area contributed by atoms with E-state index in [1.165, 1.54) is 0 Å². The number of hydrogen-bond acceptors (Lipinski definition) is 8. The van der Waals surface area contributed by atoms with Crippen molar-refractivity contribution < 1.29 is 43.3 Å². The third-order valence-electron chi connectivity index (χ3n) is 11.9. The number of carbonyl (C=O) groups excluding carboxylic acids is 2. The zero-order valence-electron chi connectivity index (χ0n) is 26.3. The number of Topliss-reactive ketones (excluding diaryl/α,β-unsaturated/α-hetero) is 1. The van der Waals surface area contributed by atoms with Gasteiger partial charge in [-0.25, -0.2) is 0 Å². The van der Waals surface area contributed by atoms with Crippen LogP contribution in [0, 0.1) is 28.6 Å². The number of aryl methyl sites for hydroxylation is 1. The fourth-order valence-corrected chi connectivity index (χ4v) is 10.1. The molecular weight excluding hydrogens is 609 g/mol. The molecule has 10 atom stereocenters. The minimum Gasteiger partial charge on any atom is -0.393 e. The predicted molar refractivity (Wildman–Crippen MR) is 166 cm³/mol. The molecule has 1 unspecified atom stereocenters. The normalized spacial score (nSPS) is 38.1. The van der Waals surface area contributed by atoms with E-state index in [9.17, 15) is 29.3 Å². The van der Waals surface area contributed by atoms with Crippen LogP contribution in [0.25, 0.3) is 0 Å². The van der Waals surface area contributed by atoms with Gasteiger partial charge in [-0.3, -0.25) is 9.59 Å². The molecule has 0 bridgehead atoms. The van der Waals surface area contributed by atoms with E-state index in [1.807, 2.05) is 61.1 Å². The van der Waals surface area contributed by atoms with Crippen molar-refractivity contribution in [3.63, 3.8) is 0 Å². The first-order chi connectivity index (χ1) is 21.9. The van der Waals surface area contributed by atoms with Crippen LogP contribution in [0.2, 0.25) is 0 Å². The van der Waals surface area contributed by atoms with E-state index in [-0.39, 0.29) is 36.6 Å². The molecule has 1 aromatic heterocycles. The van der Waals surface area contributed by atoms with Gasteiger partial charge in [0, 0.05) is 34.6 Å².